The van der Waals surface area contributed by atoms with Gasteiger partial charge in [-0.3, -0.25) is 9.59 Å². The van der Waals surface area contributed by atoms with Gasteiger partial charge < -0.3 is 15.4 Å². The van der Waals surface area contributed by atoms with Crippen LogP contribution in [0, 0.1) is 6.92 Å². The molecule has 2 aromatic carbocycles. The fourth-order valence-corrected chi connectivity index (χ4v) is 2.49. The Hall–Kier alpha value is -2.82. The van der Waals surface area contributed by atoms with E-state index in [0.29, 0.717) is 18.0 Å². The van der Waals surface area contributed by atoms with Crippen molar-refractivity contribution in [1.82, 2.24) is 5.32 Å². The van der Waals surface area contributed by atoms with E-state index in [-0.39, 0.29) is 18.2 Å². The van der Waals surface area contributed by atoms with Gasteiger partial charge in [-0.2, -0.15) is 0 Å². The highest BCUT2D eigenvalue weighted by Gasteiger charge is 2.12. The minimum atomic E-state index is -0.357. The van der Waals surface area contributed by atoms with E-state index in [9.17, 15) is 9.59 Å². The van der Waals surface area contributed by atoms with E-state index in [1.165, 1.54) is 5.56 Å². The Balaban J connectivity index is 1.73. The number of hydrogen-bond donors (Lipinski definition) is 2. The number of anilines is 1. The van der Waals surface area contributed by atoms with Crippen LogP contribution in [-0.2, 0) is 16.0 Å². The van der Waals surface area contributed by atoms with Gasteiger partial charge in [0, 0.05) is 6.54 Å². The summed E-state index contributed by atoms with van der Waals surface area (Å²) >= 11 is 0. The molecule has 132 valence electrons. The van der Waals surface area contributed by atoms with Crippen molar-refractivity contribution < 1.29 is 14.3 Å². The molecule has 0 unspecified atom stereocenters. The summed E-state index contributed by atoms with van der Waals surface area (Å²) < 4.78 is 5.21. The average Bonchev–Trinajstić information content (AvgIpc) is 2.60. The summed E-state index contributed by atoms with van der Waals surface area (Å²) in [7, 11) is 1.54. The molecule has 5 heteroatoms. The molecular formula is C20H24N2O3. The molecular weight excluding hydrogens is 316 g/mol. The molecule has 0 saturated heterocycles. The highest BCUT2D eigenvalue weighted by molar-refractivity contribution is 6.04. The second kappa shape index (κ2) is 9.47. The largest absolute Gasteiger partial charge is 0.495 e. The number of aryl methyl sites for hydroxylation is 2. The molecule has 0 heterocycles. The van der Waals surface area contributed by atoms with Gasteiger partial charge >= 0.3 is 0 Å². The summed E-state index contributed by atoms with van der Waals surface area (Å²) in [4.78, 5) is 23.9. The van der Waals surface area contributed by atoms with Gasteiger partial charge in [0.25, 0.3) is 0 Å². The van der Waals surface area contributed by atoms with E-state index in [2.05, 4.69) is 22.8 Å². The van der Waals surface area contributed by atoms with Crippen molar-refractivity contribution in [2.24, 2.45) is 0 Å². The van der Waals surface area contributed by atoms with Crippen molar-refractivity contribution in [1.29, 1.82) is 0 Å². The lowest BCUT2D eigenvalue weighted by atomic mass is 10.1. The topological polar surface area (TPSA) is 67.4 Å². The molecule has 0 atom stereocenters. The second-order valence-corrected chi connectivity index (χ2v) is 5.87. The summed E-state index contributed by atoms with van der Waals surface area (Å²) in [5.74, 6) is -0.0659. The molecule has 2 amide bonds. The lowest BCUT2D eigenvalue weighted by Crippen LogP contribution is -2.29. The van der Waals surface area contributed by atoms with Crippen molar-refractivity contribution in [2.45, 2.75) is 26.2 Å². The number of hydrogen-bond acceptors (Lipinski definition) is 3. The third kappa shape index (κ3) is 6.30. The minimum absolute atomic E-state index is 0.206. The molecule has 0 aliphatic carbocycles. The zero-order chi connectivity index (χ0) is 18.1. The fourth-order valence-electron chi connectivity index (χ4n) is 2.49. The molecule has 0 saturated carbocycles. The molecule has 0 aromatic heterocycles. The first-order valence-corrected chi connectivity index (χ1v) is 8.33. The molecule has 2 aromatic rings. The van der Waals surface area contributed by atoms with E-state index >= 15 is 0 Å². The molecule has 25 heavy (non-hydrogen) atoms. The van der Waals surface area contributed by atoms with Gasteiger partial charge in [0.05, 0.1) is 12.8 Å². The van der Waals surface area contributed by atoms with Crippen molar-refractivity contribution >= 4 is 17.5 Å². The molecule has 0 aliphatic heterocycles. The normalized spacial score (nSPS) is 10.2. The van der Waals surface area contributed by atoms with E-state index in [0.717, 1.165) is 18.4 Å². The quantitative estimate of drug-likeness (QED) is 0.573. The highest BCUT2D eigenvalue weighted by atomic mass is 16.5. The standard InChI is InChI=1S/C20H24N2O3/c1-15-10-11-18(25-2)17(13-15)22-20(24)14-19(23)21-12-6-9-16-7-4-3-5-8-16/h3-5,7-8,10-11,13H,6,9,12,14H2,1-2H3,(H,21,23)(H,22,24). The number of methoxy groups -OCH3 is 1. The van der Waals surface area contributed by atoms with E-state index in [1.54, 1.807) is 13.2 Å². The Morgan fingerprint density at radius 2 is 1.80 bits per heavy atom. The number of nitrogens with one attached hydrogen (secondary N) is 2. The molecule has 0 spiro atoms. The van der Waals surface area contributed by atoms with Crippen LogP contribution in [0.3, 0.4) is 0 Å². The zero-order valence-corrected chi connectivity index (χ0v) is 14.7. The predicted octanol–water partition coefficient (Wildman–Crippen LogP) is 3.08. The fraction of sp³-hybridized carbons (Fsp3) is 0.300. The van der Waals surface area contributed by atoms with Crippen LogP contribution in [0.2, 0.25) is 0 Å². The van der Waals surface area contributed by atoms with Crippen molar-refractivity contribution in [2.75, 3.05) is 19.0 Å². The van der Waals surface area contributed by atoms with Crippen molar-refractivity contribution in [3.63, 3.8) is 0 Å². The van der Waals surface area contributed by atoms with Crippen LogP contribution in [0.5, 0.6) is 5.75 Å². The van der Waals surface area contributed by atoms with Gasteiger partial charge in [-0.15, -0.1) is 0 Å². The predicted molar refractivity (Wildman–Crippen MR) is 98.8 cm³/mol. The number of benzene rings is 2. The van der Waals surface area contributed by atoms with Crippen molar-refractivity contribution in [3.05, 3.63) is 59.7 Å². The summed E-state index contributed by atoms with van der Waals surface area (Å²) in [6, 6.07) is 15.6. The third-order valence-corrected chi connectivity index (χ3v) is 3.76. The lowest BCUT2D eigenvalue weighted by Gasteiger charge is -2.11. The number of carbonyl (C=O) groups excluding carboxylic acids is 2. The third-order valence-electron chi connectivity index (χ3n) is 3.76. The number of ether oxygens (including phenoxy) is 1. The van der Waals surface area contributed by atoms with Gasteiger partial charge in [0.2, 0.25) is 11.8 Å². The van der Waals surface area contributed by atoms with Crippen LogP contribution in [-0.4, -0.2) is 25.5 Å². The molecule has 0 aliphatic rings. The Morgan fingerprint density at radius 3 is 2.52 bits per heavy atom. The number of rotatable bonds is 8. The first kappa shape index (κ1) is 18.5. The summed E-state index contributed by atoms with van der Waals surface area (Å²) in [5, 5.41) is 5.50. The van der Waals surface area contributed by atoms with Crippen LogP contribution >= 0.6 is 0 Å². The highest BCUT2D eigenvalue weighted by Crippen LogP contribution is 2.25. The Kier molecular flexibility index (Phi) is 7.01. The van der Waals surface area contributed by atoms with Crippen molar-refractivity contribution in [3.8, 4) is 5.75 Å². The number of amides is 2. The van der Waals surface area contributed by atoms with E-state index in [4.69, 9.17) is 4.74 Å². The van der Waals surface area contributed by atoms with Crippen LogP contribution in [0.25, 0.3) is 0 Å². The monoisotopic (exact) mass is 340 g/mol. The van der Waals surface area contributed by atoms with E-state index < -0.39 is 0 Å². The SMILES string of the molecule is COc1ccc(C)cc1NC(=O)CC(=O)NCCCc1ccccc1. The maximum Gasteiger partial charge on any atom is 0.233 e. The first-order valence-electron chi connectivity index (χ1n) is 8.33. The van der Waals surface area contributed by atoms with Gasteiger partial charge in [-0.25, -0.2) is 0 Å². The summed E-state index contributed by atoms with van der Waals surface area (Å²) in [6.07, 6.45) is 1.53. The lowest BCUT2D eigenvalue weighted by molar-refractivity contribution is -0.126. The zero-order valence-electron chi connectivity index (χ0n) is 14.7. The second-order valence-electron chi connectivity index (χ2n) is 5.87. The van der Waals surface area contributed by atoms with Gasteiger partial charge in [-0.05, 0) is 43.0 Å². The van der Waals surface area contributed by atoms with Crippen LogP contribution < -0.4 is 15.4 Å². The average molecular weight is 340 g/mol. The molecule has 0 bridgehead atoms. The van der Waals surface area contributed by atoms with Crippen LogP contribution in [0.4, 0.5) is 5.69 Å². The maximum absolute atomic E-state index is 12.0. The van der Waals surface area contributed by atoms with Gasteiger partial charge in [-0.1, -0.05) is 36.4 Å². The van der Waals surface area contributed by atoms with Crippen LogP contribution in [0.1, 0.15) is 24.0 Å². The molecule has 0 radical (unpaired) electrons. The Morgan fingerprint density at radius 1 is 1.04 bits per heavy atom. The molecule has 2 rings (SSSR count). The van der Waals surface area contributed by atoms with Gasteiger partial charge in [0.1, 0.15) is 12.2 Å². The van der Waals surface area contributed by atoms with E-state index in [1.807, 2.05) is 37.3 Å². The maximum atomic E-state index is 12.0. The van der Waals surface area contributed by atoms with Gasteiger partial charge in [0.15, 0.2) is 0 Å². The summed E-state index contributed by atoms with van der Waals surface area (Å²) in [6.45, 7) is 2.48. The smallest absolute Gasteiger partial charge is 0.233 e. The Labute approximate surface area is 148 Å². The molecule has 0 fully saturated rings. The van der Waals surface area contributed by atoms with Crippen LogP contribution in [0.15, 0.2) is 48.5 Å². The number of carbonyl (C=O) groups is 2. The minimum Gasteiger partial charge on any atom is -0.495 e. The molecule has 5 nitrogen and oxygen atoms in total. The summed E-state index contributed by atoms with van der Waals surface area (Å²) in [5.41, 5.74) is 2.81. The molecule has 2 N–H and O–H groups in total. The first-order chi connectivity index (χ1) is 12.1. The Bertz CT molecular complexity index is 714.